The van der Waals surface area contributed by atoms with Crippen molar-refractivity contribution in [1.82, 2.24) is 0 Å². The average Bonchev–Trinajstić information content (AvgIpc) is 3.07. The van der Waals surface area contributed by atoms with Gasteiger partial charge in [0.25, 0.3) is 0 Å². The number of hydrogen-bond donors (Lipinski definition) is 1. The number of carboxylic acids is 1. The Labute approximate surface area is 116 Å². The summed E-state index contributed by atoms with van der Waals surface area (Å²) in [6.07, 6.45) is 2.02. The highest BCUT2D eigenvalue weighted by atomic mass is 32.2. The molecule has 0 unspecified atom stereocenters. The van der Waals surface area contributed by atoms with Gasteiger partial charge in [-0.2, -0.15) is 0 Å². The molecule has 1 aliphatic carbocycles. The number of rotatable bonds is 5. The van der Waals surface area contributed by atoms with Crippen molar-refractivity contribution in [3.63, 3.8) is 0 Å². The molecular formula is C13H15FO5S. The zero-order valence-corrected chi connectivity index (χ0v) is 12.0. The molecule has 2 rings (SSSR count). The molecule has 0 saturated heterocycles. The number of benzene rings is 1. The lowest BCUT2D eigenvalue weighted by molar-refractivity contribution is -0.137. The van der Waals surface area contributed by atoms with Gasteiger partial charge in [-0.25, -0.2) is 12.8 Å². The second kappa shape index (κ2) is 4.73. The third kappa shape index (κ3) is 2.63. The largest absolute Gasteiger partial charge is 0.496 e. The van der Waals surface area contributed by atoms with Crippen LogP contribution >= 0.6 is 0 Å². The molecule has 1 aromatic carbocycles. The monoisotopic (exact) mass is 302 g/mol. The Balaban J connectivity index is 2.56. The number of hydrogen-bond acceptors (Lipinski definition) is 4. The number of carboxylic acid groups (broad SMARTS) is 1. The van der Waals surface area contributed by atoms with E-state index < -0.39 is 31.9 Å². The van der Waals surface area contributed by atoms with E-state index in [4.69, 9.17) is 9.84 Å². The Bertz CT molecular complexity index is 662. The fourth-order valence-electron chi connectivity index (χ4n) is 2.38. The molecule has 1 saturated carbocycles. The van der Waals surface area contributed by atoms with Gasteiger partial charge in [-0.1, -0.05) is 0 Å². The molecule has 0 aliphatic heterocycles. The van der Waals surface area contributed by atoms with Crippen molar-refractivity contribution in [2.24, 2.45) is 0 Å². The number of aliphatic carboxylic acids is 1. The smallest absolute Gasteiger partial charge is 0.304 e. The van der Waals surface area contributed by atoms with Crippen molar-refractivity contribution in [2.75, 3.05) is 13.4 Å². The van der Waals surface area contributed by atoms with Crippen LogP contribution in [0.2, 0.25) is 0 Å². The van der Waals surface area contributed by atoms with Crippen LogP contribution in [0.4, 0.5) is 4.39 Å². The maximum Gasteiger partial charge on any atom is 0.304 e. The van der Waals surface area contributed by atoms with Crippen LogP contribution in [0.5, 0.6) is 5.75 Å². The molecule has 1 fully saturated rings. The van der Waals surface area contributed by atoms with Crippen molar-refractivity contribution in [3.8, 4) is 5.75 Å². The molecule has 20 heavy (non-hydrogen) atoms. The molecule has 0 atom stereocenters. The summed E-state index contributed by atoms with van der Waals surface area (Å²) in [5.41, 5.74) is -0.221. The van der Waals surface area contributed by atoms with Gasteiger partial charge in [0, 0.05) is 23.3 Å². The number of carbonyl (C=O) groups is 1. The summed E-state index contributed by atoms with van der Waals surface area (Å²) in [7, 11) is -2.36. The van der Waals surface area contributed by atoms with E-state index in [9.17, 15) is 17.6 Å². The molecule has 1 N–H and O–H groups in total. The fourth-order valence-corrected chi connectivity index (χ4v) is 3.12. The first-order valence-electron chi connectivity index (χ1n) is 5.99. The van der Waals surface area contributed by atoms with Crippen LogP contribution in [0.25, 0.3) is 0 Å². The minimum absolute atomic E-state index is 0.124. The van der Waals surface area contributed by atoms with Gasteiger partial charge in [0.15, 0.2) is 9.84 Å². The van der Waals surface area contributed by atoms with Crippen molar-refractivity contribution >= 4 is 15.8 Å². The van der Waals surface area contributed by atoms with Crippen molar-refractivity contribution < 1.29 is 27.4 Å². The summed E-state index contributed by atoms with van der Waals surface area (Å²) >= 11 is 0. The molecule has 0 bridgehead atoms. The Morgan fingerprint density at radius 3 is 2.45 bits per heavy atom. The van der Waals surface area contributed by atoms with Crippen molar-refractivity contribution in [2.45, 2.75) is 29.6 Å². The topological polar surface area (TPSA) is 80.7 Å². The van der Waals surface area contributed by atoms with Crippen molar-refractivity contribution in [3.05, 3.63) is 23.5 Å². The van der Waals surface area contributed by atoms with E-state index in [1.54, 1.807) is 0 Å². The van der Waals surface area contributed by atoms with Crippen LogP contribution in [0, 0.1) is 5.82 Å². The molecular weight excluding hydrogens is 287 g/mol. The molecule has 0 radical (unpaired) electrons. The van der Waals surface area contributed by atoms with E-state index in [0.717, 1.165) is 18.4 Å². The van der Waals surface area contributed by atoms with Gasteiger partial charge in [-0.15, -0.1) is 0 Å². The molecule has 0 amide bonds. The van der Waals surface area contributed by atoms with Gasteiger partial charge in [-0.3, -0.25) is 4.79 Å². The number of methoxy groups -OCH3 is 1. The highest BCUT2D eigenvalue weighted by Gasteiger charge is 2.48. The van der Waals surface area contributed by atoms with E-state index in [0.29, 0.717) is 18.4 Å². The summed E-state index contributed by atoms with van der Waals surface area (Å²) in [6.45, 7) is 0. The lowest BCUT2D eigenvalue weighted by atomic mass is 9.91. The Morgan fingerprint density at radius 1 is 1.45 bits per heavy atom. The second-order valence-electron chi connectivity index (χ2n) is 5.11. The zero-order chi connectivity index (χ0) is 15.1. The summed E-state index contributed by atoms with van der Waals surface area (Å²) < 4.78 is 42.1. The summed E-state index contributed by atoms with van der Waals surface area (Å²) in [5.74, 6) is -1.64. The second-order valence-corrected chi connectivity index (χ2v) is 7.09. The van der Waals surface area contributed by atoms with Crippen LogP contribution in [0.1, 0.15) is 24.8 Å². The molecule has 0 heterocycles. The highest BCUT2D eigenvalue weighted by molar-refractivity contribution is 7.90. The Morgan fingerprint density at radius 2 is 2.05 bits per heavy atom. The third-order valence-electron chi connectivity index (χ3n) is 3.57. The average molecular weight is 302 g/mol. The third-order valence-corrected chi connectivity index (χ3v) is 4.68. The summed E-state index contributed by atoms with van der Waals surface area (Å²) in [6, 6.07) is 2.22. The lowest BCUT2D eigenvalue weighted by Crippen LogP contribution is -2.15. The van der Waals surface area contributed by atoms with Crippen LogP contribution in [-0.4, -0.2) is 32.9 Å². The first kappa shape index (κ1) is 14.8. The highest BCUT2D eigenvalue weighted by Crippen LogP contribution is 2.54. The molecule has 1 aliphatic rings. The van der Waals surface area contributed by atoms with Crippen LogP contribution in [0.15, 0.2) is 17.0 Å². The van der Waals surface area contributed by atoms with E-state index in [-0.39, 0.29) is 12.2 Å². The Hall–Kier alpha value is -1.63. The van der Waals surface area contributed by atoms with Gasteiger partial charge < -0.3 is 9.84 Å². The molecule has 1 aromatic rings. The van der Waals surface area contributed by atoms with Gasteiger partial charge in [-0.05, 0) is 18.9 Å². The predicted octanol–water partition coefficient (Wildman–Crippen LogP) is 1.74. The van der Waals surface area contributed by atoms with Gasteiger partial charge >= 0.3 is 5.97 Å². The van der Waals surface area contributed by atoms with Gasteiger partial charge in [0.2, 0.25) is 0 Å². The van der Waals surface area contributed by atoms with Gasteiger partial charge in [0.05, 0.1) is 13.5 Å². The first-order valence-corrected chi connectivity index (χ1v) is 7.89. The maximum atomic E-state index is 14.0. The number of sulfone groups is 1. The number of halogens is 1. The predicted molar refractivity (Wildman–Crippen MR) is 69.2 cm³/mol. The summed E-state index contributed by atoms with van der Waals surface area (Å²) in [5, 5.41) is 8.94. The van der Waals surface area contributed by atoms with Crippen LogP contribution < -0.4 is 4.74 Å². The quantitative estimate of drug-likeness (QED) is 0.896. The summed E-state index contributed by atoms with van der Waals surface area (Å²) in [4.78, 5) is 10.5. The minimum atomic E-state index is -3.70. The molecule has 0 aromatic heterocycles. The van der Waals surface area contributed by atoms with Crippen LogP contribution in [0.3, 0.4) is 0 Å². The van der Waals surface area contributed by atoms with Crippen molar-refractivity contribution in [1.29, 1.82) is 0 Å². The Kier molecular flexibility index (Phi) is 3.49. The lowest BCUT2D eigenvalue weighted by Gasteiger charge is -2.18. The fraction of sp³-hybridized carbons (Fsp3) is 0.462. The molecule has 7 heteroatoms. The first-order chi connectivity index (χ1) is 9.19. The van der Waals surface area contributed by atoms with E-state index in [1.807, 2.05) is 0 Å². The molecule has 110 valence electrons. The van der Waals surface area contributed by atoms with E-state index in [2.05, 4.69) is 0 Å². The SMILES string of the molecule is COc1cc(S(C)(=O)=O)c(F)cc1C1(CC(=O)O)CC1. The molecule has 0 spiro atoms. The minimum Gasteiger partial charge on any atom is -0.496 e. The normalized spacial score (nSPS) is 16.8. The maximum absolute atomic E-state index is 14.0. The zero-order valence-electron chi connectivity index (χ0n) is 11.1. The van der Waals surface area contributed by atoms with Crippen LogP contribution in [-0.2, 0) is 20.0 Å². The van der Waals surface area contributed by atoms with Gasteiger partial charge in [0.1, 0.15) is 16.5 Å². The van der Waals surface area contributed by atoms with E-state index >= 15 is 0 Å². The molecule has 5 nitrogen and oxygen atoms in total. The van der Waals surface area contributed by atoms with E-state index in [1.165, 1.54) is 7.11 Å². The standard InChI is InChI=1S/C13H15FO5S/c1-19-10-6-11(20(2,17)18)9(14)5-8(10)13(3-4-13)7-12(15)16/h5-6H,3-4,7H2,1-2H3,(H,15,16). The number of ether oxygens (including phenoxy) is 1.